The van der Waals surface area contributed by atoms with Gasteiger partial charge in [-0.15, -0.1) is 0 Å². The van der Waals surface area contributed by atoms with Gasteiger partial charge in [0, 0.05) is 23.9 Å². The predicted octanol–water partition coefficient (Wildman–Crippen LogP) is 3.65. The van der Waals surface area contributed by atoms with Crippen molar-refractivity contribution < 1.29 is 4.79 Å². The van der Waals surface area contributed by atoms with E-state index in [2.05, 4.69) is 34.1 Å². The van der Waals surface area contributed by atoms with Gasteiger partial charge in [0.2, 0.25) is 5.91 Å². The second kappa shape index (κ2) is 8.99. The summed E-state index contributed by atoms with van der Waals surface area (Å²) >= 11 is 0. The minimum Gasteiger partial charge on any atom is -0.382 e. The number of allylic oxidation sites excluding steroid dienone is 1. The number of nitrogen functional groups attached to an aromatic ring is 1. The van der Waals surface area contributed by atoms with E-state index in [0.29, 0.717) is 11.7 Å². The van der Waals surface area contributed by atoms with Gasteiger partial charge in [-0.1, -0.05) is 38.3 Å². The van der Waals surface area contributed by atoms with Gasteiger partial charge in [0.05, 0.1) is 17.3 Å². The Morgan fingerprint density at radius 2 is 2.11 bits per heavy atom. The Bertz CT molecular complexity index is 851. The Morgan fingerprint density at radius 3 is 2.79 bits per heavy atom. The fourth-order valence-corrected chi connectivity index (χ4v) is 4.05. The smallest absolute Gasteiger partial charge is 0.219 e. The molecule has 1 amide bonds. The van der Waals surface area contributed by atoms with Crippen molar-refractivity contribution >= 4 is 17.8 Å². The van der Waals surface area contributed by atoms with Gasteiger partial charge >= 0.3 is 0 Å². The van der Waals surface area contributed by atoms with Crippen LogP contribution in [0.4, 0.5) is 5.82 Å². The van der Waals surface area contributed by atoms with E-state index < -0.39 is 0 Å². The van der Waals surface area contributed by atoms with Gasteiger partial charge in [-0.25, -0.2) is 9.97 Å². The number of hydrogen-bond donors (Lipinski definition) is 2. The molecule has 1 unspecified atom stereocenters. The van der Waals surface area contributed by atoms with Crippen LogP contribution < -0.4 is 11.5 Å². The maximum atomic E-state index is 11.7. The molecular weight excluding hydrogens is 352 g/mol. The second-order valence-electron chi connectivity index (χ2n) is 7.60. The first-order chi connectivity index (χ1) is 13.5. The molecule has 0 aliphatic heterocycles. The van der Waals surface area contributed by atoms with E-state index in [4.69, 9.17) is 11.5 Å². The van der Waals surface area contributed by atoms with Crippen LogP contribution in [-0.2, 0) is 4.79 Å². The monoisotopic (exact) mass is 382 g/mol. The van der Waals surface area contributed by atoms with Crippen LogP contribution in [0.25, 0.3) is 17.3 Å². The largest absolute Gasteiger partial charge is 0.382 e. The van der Waals surface area contributed by atoms with E-state index in [9.17, 15) is 4.79 Å². The summed E-state index contributed by atoms with van der Waals surface area (Å²) in [5.41, 5.74) is 15.2. The lowest BCUT2D eigenvalue weighted by molar-refractivity contribution is -0.119. The van der Waals surface area contributed by atoms with Crippen LogP contribution in [0.3, 0.4) is 0 Å². The van der Waals surface area contributed by atoms with Crippen molar-refractivity contribution in [2.45, 2.75) is 64.8 Å². The molecule has 7 heteroatoms. The Balaban J connectivity index is 2.00. The summed E-state index contributed by atoms with van der Waals surface area (Å²) in [6, 6.07) is -0.0573. The van der Waals surface area contributed by atoms with Gasteiger partial charge in [0.1, 0.15) is 6.33 Å². The molecule has 3 rings (SSSR count). The van der Waals surface area contributed by atoms with Gasteiger partial charge in [-0.05, 0) is 32.1 Å². The number of nitrogens with zero attached hydrogens (tertiary/aromatic N) is 4. The summed E-state index contributed by atoms with van der Waals surface area (Å²) in [7, 11) is 0. The number of carbonyl (C=O) groups excluding carboxylic acids is 1. The number of aromatic nitrogens is 4. The molecule has 1 aliphatic rings. The summed E-state index contributed by atoms with van der Waals surface area (Å²) in [5.74, 6) is 0.500. The molecule has 1 saturated carbocycles. The molecule has 7 nitrogen and oxygen atoms in total. The fourth-order valence-electron chi connectivity index (χ4n) is 4.05. The molecule has 150 valence electrons. The summed E-state index contributed by atoms with van der Waals surface area (Å²) in [6.45, 7) is 4.11. The highest BCUT2D eigenvalue weighted by Crippen LogP contribution is 2.38. The second-order valence-corrected chi connectivity index (χ2v) is 7.60. The maximum absolute atomic E-state index is 11.7. The molecule has 0 spiro atoms. The molecule has 1 fully saturated rings. The van der Waals surface area contributed by atoms with Gasteiger partial charge in [-0.2, -0.15) is 5.10 Å². The number of unbranched alkanes of at least 4 members (excludes halogenated alkanes) is 1. The highest BCUT2D eigenvalue weighted by atomic mass is 16.1. The van der Waals surface area contributed by atoms with Crippen molar-refractivity contribution in [2.24, 2.45) is 11.7 Å². The first-order valence-corrected chi connectivity index (χ1v) is 10.1. The zero-order chi connectivity index (χ0) is 20.1. The van der Waals surface area contributed by atoms with Crippen LogP contribution in [0.15, 0.2) is 18.6 Å². The average molecular weight is 383 g/mol. The molecule has 0 saturated heterocycles. The van der Waals surface area contributed by atoms with Crippen LogP contribution >= 0.6 is 0 Å². The molecule has 2 aromatic heterocycles. The molecule has 0 bridgehead atoms. The van der Waals surface area contributed by atoms with Crippen molar-refractivity contribution in [2.75, 3.05) is 5.73 Å². The minimum absolute atomic E-state index is 0.0573. The molecule has 2 heterocycles. The zero-order valence-electron chi connectivity index (χ0n) is 16.8. The minimum atomic E-state index is -0.311. The van der Waals surface area contributed by atoms with Crippen LogP contribution in [0.1, 0.15) is 69.2 Å². The van der Waals surface area contributed by atoms with Gasteiger partial charge < -0.3 is 11.5 Å². The molecular formula is C21H30N6O. The predicted molar refractivity (Wildman–Crippen MR) is 111 cm³/mol. The Kier molecular flexibility index (Phi) is 6.44. The van der Waals surface area contributed by atoms with Crippen molar-refractivity contribution in [3.8, 4) is 11.3 Å². The number of rotatable bonds is 8. The summed E-state index contributed by atoms with van der Waals surface area (Å²) in [4.78, 5) is 20.5. The third-order valence-electron chi connectivity index (χ3n) is 5.53. The van der Waals surface area contributed by atoms with E-state index in [-0.39, 0.29) is 18.4 Å². The molecule has 4 N–H and O–H groups in total. The Labute approximate surface area is 166 Å². The first-order valence-electron chi connectivity index (χ1n) is 10.1. The highest BCUT2D eigenvalue weighted by molar-refractivity contribution is 5.79. The molecule has 2 aromatic rings. The van der Waals surface area contributed by atoms with Crippen LogP contribution in [0.2, 0.25) is 0 Å². The van der Waals surface area contributed by atoms with Crippen molar-refractivity contribution in [3.05, 3.63) is 29.9 Å². The van der Waals surface area contributed by atoms with E-state index in [1.54, 1.807) is 6.33 Å². The number of primary amides is 1. The first kappa shape index (κ1) is 20.0. The van der Waals surface area contributed by atoms with E-state index in [1.807, 2.05) is 17.8 Å². The van der Waals surface area contributed by atoms with Crippen molar-refractivity contribution in [3.63, 3.8) is 0 Å². The van der Waals surface area contributed by atoms with Gasteiger partial charge in [0.15, 0.2) is 5.82 Å². The zero-order valence-corrected chi connectivity index (χ0v) is 16.8. The number of nitrogens with two attached hydrogens (primary N) is 2. The third-order valence-corrected chi connectivity index (χ3v) is 5.53. The highest BCUT2D eigenvalue weighted by Gasteiger charge is 2.29. The molecule has 1 atom stereocenters. The van der Waals surface area contributed by atoms with Crippen LogP contribution in [0, 0.1) is 12.8 Å². The summed E-state index contributed by atoms with van der Waals surface area (Å²) in [5, 5.41) is 4.55. The van der Waals surface area contributed by atoms with E-state index in [1.165, 1.54) is 12.8 Å². The lowest BCUT2D eigenvalue weighted by Crippen LogP contribution is -2.25. The van der Waals surface area contributed by atoms with E-state index >= 15 is 0 Å². The van der Waals surface area contributed by atoms with Crippen molar-refractivity contribution in [1.29, 1.82) is 0 Å². The molecule has 28 heavy (non-hydrogen) atoms. The number of anilines is 1. The molecule has 0 radical (unpaired) electrons. The Hall–Kier alpha value is -2.70. The third kappa shape index (κ3) is 4.40. The van der Waals surface area contributed by atoms with Crippen LogP contribution in [-0.4, -0.2) is 25.7 Å². The number of hydrogen-bond acceptors (Lipinski definition) is 5. The Morgan fingerprint density at radius 1 is 1.36 bits per heavy atom. The summed E-state index contributed by atoms with van der Waals surface area (Å²) in [6.07, 6.45) is 14.5. The van der Waals surface area contributed by atoms with Crippen molar-refractivity contribution in [1.82, 2.24) is 19.7 Å². The SMILES string of the molecule is CCC/C=C\c1c(C)ncnc1-c1cn(C(CC(N)=O)C2CCCC2)nc1N. The maximum Gasteiger partial charge on any atom is 0.219 e. The number of amides is 1. The quantitative estimate of drug-likeness (QED) is 0.723. The molecule has 1 aliphatic carbocycles. The van der Waals surface area contributed by atoms with Gasteiger partial charge in [0.25, 0.3) is 0 Å². The van der Waals surface area contributed by atoms with Gasteiger partial charge in [-0.3, -0.25) is 9.48 Å². The summed E-state index contributed by atoms with van der Waals surface area (Å²) < 4.78 is 1.84. The lowest BCUT2D eigenvalue weighted by Gasteiger charge is -2.22. The van der Waals surface area contributed by atoms with E-state index in [0.717, 1.165) is 48.2 Å². The topological polar surface area (TPSA) is 113 Å². The lowest BCUT2D eigenvalue weighted by atomic mass is 9.95. The normalized spacial score (nSPS) is 16.1. The number of carbonyl (C=O) groups is 1. The standard InChI is InChI=1S/C21H30N6O/c1-3-4-5-10-16-14(2)24-13-25-20(16)17-12-27(26-21(17)23)18(11-19(22)28)15-8-6-7-9-15/h5,10,12-13,15,18H,3-4,6-9,11H2,1-2H3,(H2,22,28)(H2,23,26)/b10-5-. The van der Waals surface area contributed by atoms with Crippen LogP contribution in [0.5, 0.6) is 0 Å². The fraction of sp³-hybridized carbons (Fsp3) is 0.524. The molecule has 0 aromatic carbocycles. The number of aryl methyl sites for hydroxylation is 1. The average Bonchev–Trinajstić information content (AvgIpc) is 3.31.